The molecular formula is C15H8Br2F4N2O2. The van der Waals surface area contributed by atoms with Gasteiger partial charge in [0, 0.05) is 8.95 Å². The van der Waals surface area contributed by atoms with Crippen LogP contribution in [-0.4, -0.2) is 11.9 Å². The van der Waals surface area contributed by atoms with E-state index in [1.54, 1.807) is 0 Å². The van der Waals surface area contributed by atoms with Crippen LogP contribution in [0.2, 0.25) is 0 Å². The number of carbonyl (C=O) groups is 2. The third-order valence-electron chi connectivity index (χ3n) is 2.96. The predicted molar refractivity (Wildman–Crippen MR) is 89.7 cm³/mol. The number of halogens is 6. The zero-order valence-electron chi connectivity index (χ0n) is 12.0. The zero-order chi connectivity index (χ0) is 18.8. The quantitative estimate of drug-likeness (QED) is 0.567. The van der Waals surface area contributed by atoms with Crippen LogP contribution in [0.4, 0.5) is 28.0 Å². The fraction of sp³-hybridized carbons (Fsp3) is 0.0667. The Morgan fingerprint density at radius 2 is 1.64 bits per heavy atom. The molecule has 4 nitrogen and oxygen atoms in total. The van der Waals surface area contributed by atoms with Crippen molar-refractivity contribution >= 4 is 49.5 Å². The molecule has 0 aromatic heterocycles. The van der Waals surface area contributed by atoms with E-state index < -0.39 is 29.5 Å². The summed E-state index contributed by atoms with van der Waals surface area (Å²) in [4.78, 5) is 23.6. The minimum absolute atomic E-state index is 0.154. The Morgan fingerprint density at radius 3 is 2.24 bits per heavy atom. The number of nitrogens with one attached hydrogen (secondary N) is 2. The van der Waals surface area contributed by atoms with Crippen LogP contribution >= 0.6 is 31.9 Å². The van der Waals surface area contributed by atoms with Crippen molar-refractivity contribution in [1.82, 2.24) is 5.32 Å². The fourth-order valence-corrected chi connectivity index (χ4v) is 3.15. The van der Waals surface area contributed by atoms with E-state index in [2.05, 4.69) is 37.2 Å². The number of carbonyl (C=O) groups excluding carboxylic acids is 2. The Hall–Kier alpha value is -1.94. The van der Waals surface area contributed by atoms with E-state index in [0.29, 0.717) is 6.07 Å². The number of urea groups is 1. The molecule has 3 amide bonds. The fourth-order valence-electron chi connectivity index (χ4n) is 1.83. The highest BCUT2D eigenvalue weighted by Gasteiger charge is 2.34. The average molecular weight is 484 g/mol. The minimum atomic E-state index is -4.64. The first-order valence-corrected chi connectivity index (χ1v) is 8.11. The number of imide groups is 1. The Kier molecular flexibility index (Phi) is 5.83. The maximum Gasteiger partial charge on any atom is 0.417 e. The lowest BCUT2D eigenvalue weighted by Gasteiger charge is -2.14. The Labute approximate surface area is 155 Å². The van der Waals surface area contributed by atoms with Gasteiger partial charge in [0.2, 0.25) is 0 Å². The van der Waals surface area contributed by atoms with Crippen molar-refractivity contribution in [2.24, 2.45) is 0 Å². The SMILES string of the molecule is O=C(NC(=O)c1ccccc1F)Nc1cc(C(F)(F)F)c(Br)cc1Br. The Morgan fingerprint density at radius 1 is 1.00 bits per heavy atom. The molecule has 10 heteroatoms. The van der Waals surface area contributed by atoms with Crippen molar-refractivity contribution in [3.8, 4) is 0 Å². The van der Waals surface area contributed by atoms with Gasteiger partial charge in [-0.25, -0.2) is 9.18 Å². The summed E-state index contributed by atoms with van der Waals surface area (Å²) in [5.74, 6) is -1.86. The van der Waals surface area contributed by atoms with Gasteiger partial charge in [-0.2, -0.15) is 13.2 Å². The monoisotopic (exact) mass is 482 g/mol. The largest absolute Gasteiger partial charge is 0.417 e. The third-order valence-corrected chi connectivity index (χ3v) is 4.27. The molecule has 0 unspecified atom stereocenters. The lowest BCUT2D eigenvalue weighted by Crippen LogP contribution is -2.35. The van der Waals surface area contributed by atoms with Crippen molar-refractivity contribution < 1.29 is 27.2 Å². The summed E-state index contributed by atoms with van der Waals surface area (Å²) in [6.45, 7) is 0. The minimum Gasteiger partial charge on any atom is -0.307 e. The number of hydrogen-bond acceptors (Lipinski definition) is 2. The maximum atomic E-state index is 13.5. The van der Waals surface area contributed by atoms with Crippen LogP contribution in [0.3, 0.4) is 0 Å². The van der Waals surface area contributed by atoms with E-state index in [1.165, 1.54) is 12.1 Å². The van der Waals surface area contributed by atoms with Gasteiger partial charge in [0.25, 0.3) is 5.91 Å². The summed E-state index contributed by atoms with van der Waals surface area (Å²) in [5, 5.41) is 3.95. The second-order valence-electron chi connectivity index (χ2n) is 4.70. The van der Waals surface area contributed by atoms with Gasteiger partial charge in [0.15, 0.2) is 0 Å². The number of hydrogen-bond donors (Lipinski definition) is 2. The van der Waals surface area contributed by atoms with E-state index in [0.717, 1.165) is 18.2 Å². The zero-order valence-corrected chi connectivity index (χ0v) is 15.2. The number of alkyl halides is 3. The van der Waals surface area contributed by atoms with Crippen LogP contribution in [0.25, 0.3) is 0 Å². The first-order valence-electron chi connectivity index (χ1n) is 6.52. The summed E-state index contributed by atoms with van der Waals surface area (Å²) in [6.07, 6.45) is -4.64. The molecule has 0 radical (unpaired) electrons. The summed E-state index contributed by atoms with van der Waals surface area (Å²) in [7, 11) is 0. The topological polar surface area (TPSA) is 58.2 Å². The van der Waals surface area contributed by atoms with E-state index in [1.807, 2.05) is 5.32 Å². The predicted octanol–water partition coefficient (Wildman–Crippen LogP) is 5.33. The smallest absolute Gasteiger partial charge is 0.307 e. The first kappa shape index (κ1) is 19.4. The van der Waals surface area contributed by atoms with Crippen LogP contribution in [0.5, 0.6) is 0 Å². The highest BCUT2D eigenvalue weighted by Crippen LogP contribution is 2.39. The molecule has 0 aliphatic rings. The van der Waals surface area contributed by atoms with E-state index >= 15 is 0 Å². The number of anilines is 1. The number of rotatable bonds is 2. The first-order chi connectivity index (χ1) is 11.6. The van der Waals surface area contributed by atoms with Crippen molar-refractivity contribution in [2.75, 3.05) is 5.32 Å². The Bertz CT molecular complexity index is 841. The van der Waals surface area contributed by atoms with Crippen molar-refractivity contribution in [1.29, 1.82) is 0 Å². The number of amides is 3. The van der Waals surface area contributed by atoms with Gasteiger partial charge in [-0.1, -0.05) is 28.1 Å². The molecule has 0 saturated carbocycles. The lowest BCUT2D eigenvalue weighted by molar-refractivity contribution is -0.138. The van der Waals surface area contributed by atoms with Crippen LogP contribution < -0.4 is 10.6 Å². The van der Waals surface area contributed by atoms with Crippen molar-refractivity contribution in [3.05, 3.63) is 62.3 Å². The normalized spacial score (nSPS) is 11.1. The summed E-state index contributed by atoms with van der Waals surface area (Å²) in [5.41, 5.74) is -1.59. The molecule has 2 N–H and O–H groups in total. The molecule has 0 aliphatic carbocycles. The maximum absolute atomic E-state index is 13.5. The van der Waals surface area contributed by atoms with E-state index in [4.69, 9.17) is 0 Å². The molecule has 0 atom stereocenters. The van der Waals surface area contributed by atoms with Crippen molar-refractivity contribution in [3.63, 3.8) is 0 Å². The molecular weight excluding hydrogens is 476 g/mol. The second-order valence-corrected chi connectivity index (χ2v) is 6.41. The molecule has 2 aromatic rings. The third kappa shape index (κ3) is 4.79. The van der Waals surface area contributed by atoms with E-state index in [9.17, 15) is 27.2 Å². The van der Waals surface area contributed by atoms with Crippen LogP contribution in [0.1, 0.15) is 15.9 Å². The van der Waals surface area contributed by atoms with Crippen LogP contribution in [0.15, 0.2) is 45.3 Å². The summed E-state index contributed by atoms with van der Waals surface area (Å²) >= 11 is 5.80. The summed E-state index contributed by atoms with van der Waals surface area (Å²) in [6, 6.07) is 5.66. The second kappa shape index (κ2) is 7.52. The van der Waals surface area contributed by atoms with Gasteiger partial charge in [-0.05, 0) is 40.2 Å². The molecule has 0 spiro atoms. The average Bonchev–Trinajstić information content (AvgIpc) is 2.49. The molecule has 0 heterocycles. The lowest BCUT2D eigenvalue weighted by atomic mass is 10.2. The van der Waals surface area contributed by atoms with Crippen LogP contribution in [-0.2, 0) is 6.18 Å². The van der Waals surface area contributed by atoms with Gasteiger partial charge in [-0.15, -0.1) is 0 Å². The van der Waals surface area contributed by atoms with Gasteiger partial charge in [0.1, 0.15) is 5.82 Å². The summed E-state index contributed by atoms with van der Waals surface area (Å²) < 4.78 is 52.1. The molecule has 0 fully saturated rings. The van der Waals surface area contributed by atoms with Gasteiger partial charge in [0.05, 0.1) is 16.8 Å². The highest BCUT2D eigenvalue weighted by molar-refractivity contribution is 9.11. The van der Waals surface area contributed by atoms with Crippen molar-refractivity contribution in [2.45, 2.75) is 6.18 Å². The number of benzene rings is 2. The van der Waals surface area contributed by atoms with Gasteiger partial charge in [-0.3, -0.25) is 10.1 Å². The molecule has 2 rings (SSSR count). The molecule has 0 saturated heterocycles. The highest BCUT2D eigenvalue weighted by atomic mass is 79.9. The molecule has 25 heavy (non-hydrogen) atoms. The molecule has 0 aliphatic heterocycles. The standard InChI is InChI=1S/C15H8Br2F4N2O2/c16-9-6-10(17)12(5-8(9)15(19,20)21)22-14(25)23-13(24)7-3-1-2-4-11(7)18/h1-6H,(H2,22,23,24,25). The van der Waals surface area contributed by atoms with Crippen LogP contribution in [0, 0.1) is 5.82 Å². The molecule has 132 valence electrons. The molecule has 2 aromatic carbocycles. The Balaban J connectivity index is 2.18. The van der Waals surface area contributed by atoms with E-state index in [-0.39, 0.29) is 20.2 Å². The van der Waals surface area contributed by atoms with Gasteiger partial charge >= 0.3 is 12.2 Å². The molecule has 0 bridgehead atoms. The van der Waals surface area contributed by atoms with Gasteiger partial charge < -0.3 is 5.32 Å².